The monoisotopic (exact) mass is 318 g/mol. The van der Waals surface area contributed by atoms with Gasteiger partial charge < -0.3 is 10.3 Å². The average molecular weight is 319 g/mol. The third kappa shape index (κ3) is 3.53. The summed E-state index contributed by atoms with van der Waals surface area (Å²) in [5, 5.41) is 4.64. The number of halogens is 1. The summed E-state index contributed by atoms with van der Waals surface area (Å²) in [5.74, 6) is 2.19. The fraction of sp³-hybridized carbons (Fsp3) is 0.0714. The van der Waals surface area contributed by atoms with Crippen LogP contribution in [0, 0.1) is 0 Å². The molecule has 2 N–H and O–H groups in total. The molecule has 0 fully saturated rings. The van der Waals surface area contributed by atoms with E-state index in [1.807, 2.05) is 18.2 Å². The van der Waals surface area contributed by atoms with Gasteiger partial charge in [-0.05, 0) is 36.4 Å². The molecular formula is C14H11ClN4OS. The Hall–Kier alpha value is -2.05. The Bertz CT molecular complexity index is 727. The lowest BCUT2D eigenvalue weighted by Crippen LogP contribution is -1.88. The normalized spacial score (nSPS) is 10.7. The predicted molar refractivity (Wildman–Crippen MR) is 83.0 cm³/mol. The number of nitrogen functional groups attached to an aromatic ring is 1. The number of nitrogens with two attached hydrogens (primary N) is 1. The average Bonchev–Trinajstić information content (AvgIpc) is 2.96. The van der Waals surface area contributed by atoms with Crippen molar-refractivity contribution in [3.63, 3.8) is 0 Å². The molecule has 3 rings (SSSR count). The molecule has 0 saturated heterocycles. The van der Waals surface area contributed by atoms with Gasteiger partial charge in [0.1, 0.15) is 5.82 Å². The molecular weight excluding hydrogens is 308 g/mol. The Kier molecular flexibility index (Phi) is 4.08. The number of thioether (sulfide) groups is 1. The van der Waals surface area contributed by atoms with Gasteiger partial charge in [-0.25, -0.2) is 4.98 Å². The topological polar surface area (TPSA) is 77.8 Å². The van der Waals surface area contributed by atoms with Crippen LogP contribution in [-0.4, -0.2) is 15.1 Å². The zero-order chi connectivity index (χ0) is 14.7. The van der Waals surface area contributed by atoms with Crippen molar-refractivity contribution in [1.82, 2.24) is 15.1 Å². The molecule has 0 aliphatic rings. The molecule has 5 nitrogen and oxygen atoms in total. The second kappa shape index (κ2) is 6.15. The van der Waals surface area contributed by atoms with Crippen LogP contribution in [0.15, 0.2) is 52.0 Å². The Morgan fingerprint density at radius 1 is 1.14 bits per heavy atom. The molecule has 0 saturated carbocycles. The summed E-state index contributed by atoms with van der Waals surface area (Å²) in [6, 6.07) is 11.0. The maximum Gasteiger partial charge on any atom is 0.237 e. The lowest BCUT2D eigenvalue weighted by Gasteiger charge is -1.97. The highest BCUT2D eigenvalue weighted by atomic mass is 35.5. The predicted octanol–water partition coefficient (Wildman–Crippen LogP) is 3.66. The number of pyridine rings is 1. The van der Waals surface area contributed by atoms with Crippen LogP contribution in [-0.2, 0) is 5.75 Å². The Labute approximate surface area is 130 Å². The van der Waals surface area contributed by atoms with Gasteiger partial charge in [-0.15, -0.1) is 11.8 Å². The summed E-state index contributed by atoms with van der Waals surface area (Å²) in [6.07, 6.45) is 1.72. The van der Waals surface area contributed by atoms with Gasteiger partial charge in [0.05, 0.1) is 5.75 Å². The van der Waals surface area contributed by atoms with E-state index in [0.717, 1.165) is 10.5 Å². The van der Waals surface area contributed by atoms with Gasteiger partial charge in [-0.1, -0.05) is 16.8 Å². The number of nitrogens with zero attached hydrogens (tertiary/aromatic N) is 3. The van der Waals surface area contributed by atoms with Crippen LogP contribution in [0.1, 0.15) is 5.89 Å². The third-order valence-corrected chi connectivity index (χ3v) is 3.91. The first-order valence-corrected chi connectivity index (χ1v) is 7.50. The molecule has 2 aromatic heterocycles. The zero-order valence-electron chi connectivity index (χ0n) is 10.9. The molecule has 2 heterocycles. The van der Waals surface area contributed by atoms with Crippen LogP contribution < -0.4 is 5.73 Å². The first-order valence-electron chi connectivity index (χ1n) is 6.13. The molecule has 0 amide bonds. The second-order valence-corrected chi connectivity index (χ2v) is 5.71. The Balaban J connectivity index is 1.67. The van der Waals surface area contributed by atoms with E-state index in [2.05, 4.69) is 15.1 Å². The summed E-state index contributed by atoms with van der Waals surface area (Å²) in [6.45, 7) is 0. The lowest BCUT2D eigenvalue weighted by molar-refractivity contribution is 0.391. The molecule has 21 heavy (non-hydrogen) atoms. The minimum Gasteiger partial charge on any atom is -0.384 e. The van der Waals surface area contributed by atoms with Gasteiger partial charge in [0.15, 0.2) is 0 Å². The van der Waals surface area contributed by atoms with Gasteiger partial charge in [-0.3, -0.25) is 0 Å². The number of benzene rings is 1. The second-order valence-electron chi connectivity index (χ2n) is 4.23. The summed E-state index contributed by atoms with van der Waals surface area (Å²) in [4.78, 5) is 9.38. The van der Waals surface area contributed by atoms with E-state index in [0.29, 0.717) is 28.3 Å². The van der Waals surface area contributed by atoms with Crippen molar-refractivity contribution in [2.24, 2.45) is 0 Å². The van der Waals surface area contributed by atoms with Crippen molar-refractivity contribution in [1.29, 1.82) is 0 Å². The van der Waals surface area contributed by atoms with E-state index in [1.54, 1.807) is 36.2 Å². The molecule has 0 spiro atoms. The van der Waals surface area contributed by atoms with Crippen LogP contribution in [0.3, 0.4) is 0 Å². The molecule has 1 aromatic carbocycles. The molecule has 0 aliphatic heterocycles. The van der Waals surface area contributed by atoms with Gasteiger partial charge >= 0.3 is 0 Å². The SMILES string of the molecule is Nc1ccc(SCc2nc(-c3ccc(Cl)cc3)no2)cn1. The maximum absolute atomic E-state index is 5.85. The van der Waals surface area contributed by atoms with E-state index >= 15 is 0 Å². The standard InChI is InChI=1S/C14H11ClN4OS/c15-10-3-1-9(2-4-10)14-18-13(20-19-14)8-21-11-5-6-12(16)17-7-11/h1-7H,8H2,(H2,16,17). The molecule has 3 aromatic rings. The van der Waals surface area contributed by atoms with Crippen LogP contribution in [0.5, 0.6) is 0 Å². The highest BCUT2D eigenvalue weighted by Crippen LogP contribution is 2.24. The minimum absolute atomic E-state index is 0.502. The van der Waals surface area contributed by atoms with Gasteiger partial charge in [-0.2, -0.15) is 4.98 Å². The molecule has 0 aliphatic carbocycles. The largest absolute Gasteiger partial charge is 0.384 e. The lowest BCUT2D eigenvalue weighted by atomic mass is 10.2. The first kappa shape index (κ1) is 13.9. The van der Waals surface area contributed by atoms with Crippen molar-refractivity contribution in [3.8, 4) is 11.4 Å². The van der Waals surface area contributed by atoms with Crippen LogP contribution in [0.25, 0.3) is 11.4 Å². The quantitative estimate of drug-likeness (QED) is 0.740. The molecule has 7 heteroatoms. The highest BCUT2D eigenvalue weighted by Gasteiger charge is 2.09. The van der Waals surface area contributed by atoms with Crippen molar-refractivity contribution in [2.75, 3.05) is 5.73 Å². The molecule has 106 valence electrons. The number of hydrogen-bond donors (Lipinski definition) is 1. The third-order valence-electron chi connectivity index (χ3n) is 2.69. The Morgan fingerprint density at radius 2 is 1.95 bits per heavy atom. The Morgan fingerprint density at radius 3 is 2.67 bits per heavy atom. The molecule has 0 atom stereocenters. The fourth-order valence-electron chi connectivity index (χ4n) is 1.65. The van der Waals surface area contributed by atoms with E-state index in [-0.39, 0.29) is 0 Å². The van der Waals surface area contributed by atoms with Crippen molar-refractivity contribution >= 4 is 29.2 Å². The van der Waals surface area contributed by atoms with Crippen molar-refractivity contribution < 1.29 is 4.52 Å². The fourth-order valence-corrected chi connectivity index (χ4v) is 2.48. The summed E-state index contributed by atoms with van der Waals surface area (Å²) in [7, 11) is 0. The zero-order valence-corrected chi connectivity index (χ0v) is 12.4. The molecule has 0 unspecified atom stereocenters. The molecule has 0 radical (unpaired) electrons. The van der Waals surface area contributed by atoms with Crippen LogP contribution in [0.2, 0.25) is 5.02 Å². The maximum atomic E-state index is 5.85. The number of hydrogen-bond acceptors (Lipinski definition) is 6. The van der Waals surface area contributed by atoms with Crippen molar-refractivity contribution in [3.05, 3.63) is 53.5 Å². The minimum atomic E-state index is 0.502. The van der Waals surface area contributed by atoms with E-state index in [4.69, 9.17) is 21.9 Å². The highest BCUT2D eigenvalue weighted by molar-refractivity contribution is 7.98. The summed E-state index contributed by atoms with van der Waals surface area (Å²) >= 11 is 7.41. The summed E-state index contributed by atoms with van der Waals surface area (Å²) in [5.41, 5.74) is 6.41. The van der Waals surface area contributed by atoms with Crippen LogP contribution in [0.4, 0.5) is 5.82 Å². The molecule has 0 bridgehead atoms. The van der Waals surface area contributed by atoms with E-state index in [9.17, 15) is 0 Å². The number of anilines is 1. The first-order chi connectivity index (χ1) is 10.2. The smallest absolute Gasteiger partial charge is 0.237 e. The van der Waals surface area contributed by atoms with Gasteiger partial charge in [0, 0.05) is 21.7 Å². The summed E-state index contributed by atoms with van der Waals surface area (Å²) < 4.78 is 5.23. The van der Waals surface area contributed by atoms with E-state index in [1.165, 1.54) is 0 Å². The van der Waals surface area contributed by atoms with Crippen LogP contribution >= 0.6 is 23.4 Å². The number of aromatic nitrogens is 3. The van der Waals surface area contributed by atoms with E-state index < -0.39 is 0 Å². The van der Waals surface area contributed by atoms with Gasteiger partial charge in [0.2, 0.25) is 11.7 Å². The van der Waals surface area contributed by atoms with Crippen molar-refractivity contribution in [2.45, 2.75) is 10.6 Å². The van der Waals surface area contributed by atoms with Gasteiger partial charge in [0.25, 0.3) is 0 Å². The number of rotatable bonds is 4.